The molecule has 92 heavy (non-hydrogen) atoms. The third-order valence-corrected chi connectivity index (χ3v) is 17.2. The Hall–Kier alpha value is -3.08. The number of ether oxygens (including phenoxy) is 2. The van der Waals surface area contributed by atoms with Gasteiger partial charge in [0.1, 0.15) is 61.0 Å². The fraction of sp³-hybridized carbons (Fsp3) is 0.761. The van der Waals surface area contributed by atoms with Gasteiger partial charge in [-0.15, -0.1) is 6.58 Å². The number of hydrogen-bond acceptors (Lipinski definition) is 25. The highest BCUT2D eigenvalue weighted by atomic mass is 16.6. The minimum Gasteiger partial charge on any atom is -0.394 e. The van der Waals surface area contributed by atoms with E-state index in [0.29, 0.717) is 76.2 Å². The van der Waals surface area contributed by atoms with Crippen LogP contribution in [0.1, 0.15) is 149 Å². The zero-order valence-electron chi connectivity index (χ0n) is 53.6. The van der Waals surface area contributed by atoms with Gasteiger partial charge in [0.05, 0.1) is 104 Å². The zero-order chi connectivity index (χ0) is 69.2. The molecule has 0 amide bonds. The Morgan fingerprint density at radius 3 is 1.65 bits per heavy atom. The van der Waals surface area contributed by atoms with Crippen LogP contribution < -0.4 is 0 Å². The Morgan fingerprint density at radius 1 is 0.500 bits per heavy atom. The lowest BCUT2D eigenvalue weighted by Gasteiger charge is -2.42. The quantitative estimate of drug-likeness (QED) is 0.0192. The van der Waals surface area contributed by atoms with E-state index in [2.05, 4.69) is 13.2 Å². The summed E-state index contributed by atoms with van der Waals surface area (Å²) in [5, 5.41) is 243. The van der Waals surface area contributed by atoms with Crippen molar-refractivity contribution in [3.8, 4) is 0 Å². The molecule has 2 fully saturated rings. The monoisotopic (exact) mass is 1320 g/mol. The largest absolute Gasteiger partial charge is 0.394 e. The molecule has 0 aromatic carbocycles. The van der Waals surface area contributed by atoms with Crippen molar-refractivity contribution in [2.45, 2.75) is 307 Å². The molecule has 27 unspecified atom stereocenters. The third-order valence-electron chi connectivity index (χ3n) is 17.2. The molecule has 0 saturated carbocycles. The average molecular weight is 1320 g/mol. The van der Waals surface area contributed by atoms with Crippen LogP contribution in [0.25, 0.3) is 0 Å². The summed E-state index contributed by atoms with van der Waals surface area (Å²) in [7, 11) is 0. The lowest BCUT2D eigenvalue weighted by molar-refractivity contribution is -0.234. The number of rotatable bonds is 48. The van der Waals surface area contributed by atoms with Crippen molar-refractivity contribution in [2.24, 2.45) is 5.92 Å². The molecule has 0 aromatic heterocycles. The van der Waals surface area contributed by atoms with Crippen LogP contribution >= 0.6 is 0 Å². The van der Waals surface area contributed by atoms with Gasteiger partial charge in [-0.3, -0.25) is 0 Å². The van der Waals surface area contributed by atoms with Gasteiger partial charge < -0.3 is 127 Å². The average Bonchev–Trinajstić information content (AvgIpc) is 0.855. The summed E-state index contributed by atoms with van der Waals surface area (Å²) in [4.78, 5) is 0. The SMILES string of the molecule is C=CCCC(O)C=CC=CC(O)CCCC=CC(O)C(O)C1OC(C(O)C(O)C(=C)CCC(O)C2CC(O)C(O)C(C(O)C(O)C=C(C)CCC(O)CC(O)C(O)C(C)C(O)C(O)CC=CCC(O)C=CCC(O)CCCC(O)CCCC(O)CO)O2)CC(O)C1O. The maximum Gasteiger partial charge on any atom is 0.115 e. The van der Waals surface area contributed by atoms with Gasteiger partial charge >= 0.3 is 0 Å². The lowest BCUT2D eigenvalue weighted by Crippen LogP contribution is -2.59. The second kappa shape index (κ2) is 46.2. The molecule has 27 atom stereocenters. The van der Waals surface area contributed by atoms with E-state index in [1.807, 2.05) is 0 Å². The first kappa shape index (κ1) is 85.0. The van der Waals surface area contributed by atoms with Crippen LogP contribution in [0.3, 0.4) is 0 Å². The van der Waals surface area contributed by atoms with Crippen LogP contribution in [0.2, 0.25) is 0 Å². The molecule has 0 bridgehead atoms. The Morgan fingerprint density at radius 2 is 1.04 bits per heavy atom. The van der Waals surface area contributed by atoms with Gasteiger partial charge in [-0.25, -0.2) is 0 Å². The van der Waals surface area contributed by atoms with Crippen molar-refractivity contribution >= 4 is 0 Å². The van der Waals surface area contributed by atoms with Gasteiger partial charge in [0.25, 0.3) is 0 Å². The second-order valence-electron chi connectivity index (χ2n) is 25.3. The highest BCUT2D eigenvalue weighted by molar-refractivity contribution is 5.11. The van der Waals surface area contributed by atoms with Crippen molar-refractivity contribution in [3.63, 3.8) is 0 Å². The smallest absolute Gasteiger partial charge is 0.115 e. The van der Waals surface area contributed by atoms with Crippen LogP contribution in [-0.4, -0.2) is 283 Å². The highest BCUT2D eigenvalue weighted by Crippen LogP contribution is 2.32. The summed E-state index contributed by atoms with van der Waals surface area (Å²) in [5.74, 6) is -1.05. The fourth-order valence-electron chi connectivity index (χ4n) is 11.0. The third kappa shape index (κ3) is 32.3. The van der Waals surface area contributed by atoms with Crippen molar-refractivity contribution in [1.29, 1.82) is 0 Å². The van der Waals surface area contributed by atoms with Crippen molar-refractivity contribution in [3.05, 3.63) is 97.2 Å². The molecule has 0 aromatic rings. The molecule has 25 heteroatoms. The Kier molecular flexibility index (Phi) is 42.7. The molecule has 23 N–H and O–H groups in total. The van der Waals surface area contributed by atoms with Crippen molar-refractivity contribution < 1.29 is 127 Å². The Bertz CT molecular complexity index is 2160. The summed E-state index contributed by atoms with van der Waals surface area (Å²) in [6, 6.07) is 0. The molecule has 0 radical (unpaired) electrons. The predicted molar refractivity (Wildman–Crippen MR) is 341 cm³/mol. The molecular weight excluding hydrogens is 1200 g/mol. The van der Waals surface area contributed by atoms with Crippen LogP contribution in [-0.2, 0) is 9.47 Å². The van der Waals surface area contributed by atoms with E-state index >= 15 is 0 Å². The van der Waals surface area contributed by atoms with Gasteiger partial charge in [0.15, 0.2) is 0 Å². The Labute approximate surface area is 542 Å². The minimum absolute atomic E-state index is 0.00373. The van der Waals surface area contributed by atoms with E-state index in [0.717, 1.165) is 0 Å². The molecule has 2 aliphatic rings. The predicted octanol–water partition coefficient (Wildman–Crippen LogP) is -1.25. The topological polar surface area (TPSA) is 484 Å². The van der Waals surface area contributed by atoms with Crippen LogP contribution in [0.15, 0.2) is 97.2 Å². The number of unbranched alkanes of at least 4 members (excludes halogenated alkanes) is 1. The van der Waals surface area contributed by atoms with Gasteiger partial charge in [-0.2, -0.15) is 0 Å². The van der Waals surface area contributed by atoms with Crippen molar-refractivity contribution in [1.82, 2.24) is 0 Å². The number of aliphatic hydroxyl groups excluding tert-OH is 23. The number of aliphatic hydroxyl groups is 23. The molecule has 2 aliphatic heterocycles. The maximum absolute atomic E-state index is 11.2. The van der Waals surface area contributed by atoms with Crippen molar-refractivity contribution in [2.75, 3.05) is 6.61 Å². The van der Waals surface area contributed by atoms with Crippen LogP contribution in [0.4, 0.5) is 0 Å². The summed E-state index contributed by atoms with van der Waals surface area (Å²) < 4.78 is 11.6. The fourth-order valence-corrected chi connectivity index (χ4v) is 11.0. The zero-order valence-corrected chi connectivity index (χ0v) is 53.6. The Balaban J connectivity index is 1.82. The number of hydrogen-bond donors (Lipinski definition) is 23. The van der Waals surface area contributed by atoms with Gasteiger partial charge in [0, 0.05) is 25.2 Å². The van der Waals surface area contributed by atoms with Gasteiger partial charge in [0.2, 0.25) is 0 Å². The molecule has 534 valence electrons. The highest BCUT2D eigenvalue weighted by Gasteiger charge is 2.47. The molecule has 2 rings (SSSR count). The van der Waals surface area contributed by atoms with E-state index in [1.54, 1.807) is 61.6 Å². The molecule has 25 nitrogen and oxygen atoms in total. The van der Waals surface area contributed by atoms with Gasteiger partial charge in [-0.05, 0) is 128 Å². The van der Waals surface area contributed by atoms with E-state index in [-0.39, 0.29) is 70.0 Å². The van der Waals surface area contributed by atoms with Crippen LogP contribution in [0.5, 0.6) is 0 Å². The molecular formula is C67H116O25. The minimum atomic E-state index is -1.86. The molecule has 0 aliphatic carbocycles. The lowest BCUT2D eigenvalue weighted by atomic mass is 9.86. The molecule has 2 saturated heterocycles. The van der Waals surface area contributed by atoms with Crippen LogP contribution in [0, 0.1) is 5.92 Å². The molecule has 2 heterocycles. The summed E-state index contributed by atoms with van der Waals surface area (Å²) in [6.45, 7) is 10.1. The summed E-state index contributed by atoms with van der Waals surface area (Å²) in [6.07, 6.45) is -12.7. The molecule has 0 spiro atoms. The standard InChI is InChI=1S/C67H116O25/c1-5-6-17-42(69)19-10-11-20-43(70)18-8-7-9-28-51(78)61(86)66-64(89)55(82)37-57(92-66)65(90)58(83)40(3)31-33-49(76)56-36-54(81)63(88)67(91-56)62(87)52(79)34-39(2)30-32-47(74)35-53(80)60(85)41(4)59(84)50(77)29-13-12-21-44(71)22-14-23-45(72)24-15-25-46(73)26-16-27-48(75)38-68/h5,9-14,19-20,22,28,34,41-90H,1,3,6-8,15-18,21,23-27,29-33,35-38H2,2,4H3. The van der Waals surface area contributed by atoms with E-state index in [1.165, 1.54) is 25.2 Å². The summed E-state index contributed by atoms with van der Waals surface area (Å²) >= 11 is 0. The number of allylic oxidation sites excluding steroid dienone is 5. The second-order valence-corrected chi connectivity index (χ2v) is 25.3. The first-order valence-corrected chi connectivity index (χ1v) is 32.6. The summed E-state index contributed by atoms with van der Waals surface area (Å²) in [5.41, 5.74) is 0.416. The van der Waals surface area contributed by atoms with Gasteiger partial charge in [-0.1, -0.05) is 92.0 Å². The normalized spacial score (nSPS) is 27.6. The van der Waals surface area contributed by atoms with E-state index in [4.69, 9.17) is 14.6 Å². The van der Waals surface area contributed by atoms with E-state index in [9.17, 15) is 112 Å². The first-order valence-electron chi connectivity index (χ1n) is 32.6. The maximum atomic E-state index is 11.2. The first-order chi connectivity index (χ1) is 43.4. The van der Waals surface area contributed by atoms with E-state index < -0.39 is 171 Å².